The zero-order valence-electron chi connectivity index (χ0n) is 15.2. The molecule has 3 N–H and O–H groups in total. The van der Waals surface area contributed by atoms with Gasteiger partial charge in [0.05, 0.1) is 17.1 Å². The molecule has 3 atom stereocenters. The molecule has 156 valence electrons. The molecular formula is C17H23F3N4O3S. The van der Waals surface area contributed by atoms with Crippen molar-refractivity contribution >= 4 is 22.4 Å². The standard InChI is InChI=1S/C17H23F3N4O3S/c18-17(19,20)14-12(15(25)24-3-5-28(26,27)6-4-24)9-21-16(23-14)22-13-8-10-1-2-11(13)7-10/h9-11,13,26-27H,1-8H2,(H,21,22,23)/t10-,11+,13-/m0/s1. The Kier molecular flexibility index (Phi) is 4.95. The minimum absolute atomic E-state index is 0.0103. The van der Waals surface area contributed by atoms with Crippen molar-refractivity contribution in [1.82, 2.24) is 14.9 Å². The number of carbonyl (C=O) groups is 1. The van der Waals surface area contributed by atoms with E-state index in [2.05, 4.69) is 15.3 Å². The maximum Gasteiger partial charge on any atom is 0.434 e. The van der Waals surface area contributed by atoms with E-state index >= 15 is 0 Å². The molecule has 0 radical (unpaired) electrons. The number of amides is 1. The minimum Gasteiger partial charge on any atom is -0.351 e. The van der Waals surface area contributed by atoms with Crippen LogP contribution < -0.4 is 5.32 Å². The highest BCUT2D eigenvalue weighted by Crippen LogP contribution is 2.45. The third kappa shape index (κ3) is 3.92. The molecule has 1 saturated heterocycles. The lowest BCUT2D eigenvalue weighted by molar-refractivity contribution is -0.141. The highest BCUT2D eigenvalue weighted by molar-refractivity contribution is 8.24. The van der Waals surface area contributed by atoms with E-state index in [1.165, 1.54) is 11.3 Å². The fourth-order valence-corrected chi connectivity index (χ4v) is 5.74. The van der Waals surface area contributed by atoms with E-state index in [1.807, 2.05) is 0 Å². The predicted octanol–water partition coefficient (Wildman–Crippen LogP) is 3.30. The van der Waals surface area contributed by atoms with Gasteiger partial charge in [0.15, 0.2) is 5.69 Å². The highest BCUT2D eigenvalue weighted by Gasteiger charge is 2.42. The highest BCUT2D eigenvalue weighted by atomic mass is 32.3. The van der Waals surface area contributed by atoms with E-state index in [0.717, 1.165) is 25.5 Å². The van der Waals surface area contributed by atoms with Gasteiger partial charge in [-0.15, -0.1) is 0 Å². The van der Waals surface area contributed by atoms with Gasteiger partial charge in [0.25, 0.3) is 5.91 Å². The van der Waals surface area contributed by atoms with Crippen molar-refractivity contribution in [3.8, 4) is 0 Å². The molecule has 0 spiro atoms. The summed E-state index contributed by atoms with van der Waals surface area (Å²) in [6.45, 7) is -0.0206. The van der Waals surface area contributed by atoms with E-state index < -0.39 is 33.9 Å². The molecule has 2 heterocycles. The second kappa shape index (κ2) is 7.03. The number of alkyl halides is 3. The van der Waals surface area contributed by atoms with Gasteiger partial charge in [-0.1, -0.05) is 6.42 Å². The van der Waals surface area contributed by atoms with Crippen molar-refractivity contribution < 1.29 is 27.1 Å². The monoisotopic (exact) mass is 420 g/mol. The molecule has 4 rings (SSSR count). The molecule has 2 bridgehead atoms. The summed E-state index contributed by atoms with van der Waals surface area (Å²) in [5, 5.41) is 3.03. The third-order valence-corrected chi connectivity index (χ3v) is 7.68. The molecule has 1 amide bonds. The van der Waals surface area contributed by atoms with Crippen molar-refractivity contribution in [2.24, 2.45) is 11.8 Å². The summed E-state index contributed by atoms with van der Waals surface area (Å²) in [7, 11) is -2.75. The molecule has 1 aromatic rings. The van der Waals surface area contributed by atoms with E-state index in [-0.39, 0.29) is 36.6 Å². The van der Waals surface area contributed by atoms with Crippen LogP contribution in [0.25, 0.3) is 0 Å². The Labute approximate surface area is 162 Å². The molecule has 1 aliphatic heterocycles. The van der Waals surface area contributed by atoms with Crippen LogP contribution in [0, 0.1) is 11.8 Å². The Balaban J connectivity index is 1.54. The van der Waals surface area contributed by atoms with Crippen LogP contribution in [0.4, 0.5) is 19.1 Å². The van der Waals surface area contributed by atoms with Gasteiger partial charge < -0.3 is 10.2 Å². The van der Waals surface area contributed by atoms with Crippen LogP contribution in [0.15, 0.2) is 6.20 Å². The fourth-order valence-electron chi connectivity index (χ4n) is 4.51. The summed E-state index contributed by atoms with van der Waals surface area (Å²) in [6.07, 6.45) is 0.382. The summed E-state index contributed by atoms with van der Waals surface area (Å²) in [5.41, 5.74) is -1.86. The number of anilines is 1. The summed E-state index contributed by atoms with van der Waals surface area (Å²) in [6, 6.07) is 0.0775. The van der Waals surface area contributed by atoms with Crippen molar-refractivity contribution in [1.29, 1.82) is 0 Å². The van der Waals surface area contributed by atoms with Gasteiger partial charge in [0.1, 0.15) is 0 Å². The van der Waals surface area contributed by atoms with Crippen molar-refractivity contribution in [2.75, 3.05) is 29.9 Å². The lowest BCUT2D eigenvalue weighted by Gasteiger charge is -2.41. The van der Waals surface area contributed by atoms with Gasteiger partial charge in [-0.2, -0.15) is 23.8 Å². The number of aromatic nitrogens is 2. The van der Waals surface area contributed by atoms with Crippen molar-refractivity contribution in [2.45, 2.75) is 37.9 Å². The van der Waals surface area contributed by atoms with E-state index in [0.29, 0.717) is 11.8 Å². The van der Waals surface area contributed by atoms with E-state index in [4.69, 9.17) is 0 Å². The Morgan fingerprint density at radius 2 is 1.93 bits per heavy atom. The number of hydrogen-bond donors (Lipinski definition) is 3. The number of rotatable bonds is 3. The number of fused-ring (bicyclic) bond motifs is 2. The number of halogens is 3. The van der Waals surface area contributed by atoms with Gasteiger partial charge in [0.2, 0.25) is 5.95 Å². The Hall–Kier alpha value is -1.59. The average molecular weight is 420 g/mol. The molecule has 3 fully saturated rings. The summed E-state index contributed by atoms with van der Waals surface area (Å²) < 4.78 is 60.0. The predicted molar refractivity (Wildman–Crippen MR) is 98.4 cm³/mol. The van der Waals surface area contributed by atoms with E-state index in [9.17, 15) is 27.1 Å². The molecule has 3 aliphatic rings. The summed E-state index contributed by atoms with van der Waals surface area (Å²) in [5.74, 6) is 0.0486. The first kappa shape index (κ1) is 19.7. The Bertz CT molecular complexity index is 767. The second-order valence-corrected chi connectivity index (χ2v) is 10.3. The first-order chi connectivity index (χ1) is 13.1. The van der Waals surface area contributed by atoms with Gasteiger partial charge >= 0.3 is 6.18 Å². The summed E-state index contributed by atoms with van der Waals surface area (Å²) in [4.78, 5) is 21.4. The second-order valence-electron chi connectivity index (χ2n) is 7.88. The average Bonchev–Trinajstić information content (AvgIpc) is 3.23. The van der Waals surface area contributed by atoms with Crippen LogP contribution in [0.3, 0.4) is 0 Å². The molecule has 28 heavy (non-hydrogen) atoms. The van der Waals surface area contributed by atoms with Crippen LogP contribution in [0.2, 0.25) is 0 Å². The zero-order valence-corrected chi connectivity index (χ0v) is 16.0. The van der Waals surface area contributed by atoms with Crippen LogP contribution in [0.1, 0.15) is 41.7 Å². The molecular weight excluding hydrogens is 397 g/mol. The van der Waals surface area contributed by atoms with Gasteiger partial charge in [0, 0.05) is 25.3 Å². The maximum absolute atomic E-state index is 13.6. The Morgan fingerprint density at radius 1 is 1.21 bits per heavy atom. The largest absolute Gasteiger partial charge is 0.434 e. The van der Waals surface area contributed by atoms with Gasteiger partial charge in [-0.25, -0.2) is 9.97 Å². The van der Waals surface area contributed by atoms with Crippen molar-refractivity contribution in [3.05, 3.63) is 17.5 Å². The smallest absolute Gasteiger partial charge is 0.351 e. The lowest BCUT2D eigenvalue weighted by atomic mass is 9.95. The number of hydrogen-bond acceptors (Lipinski definition) is 6. The third-order valence-electron chi connectivity index (χ3n) is 6.00. The maximum atomic E-state index is 13.6. The molecule has 1 aromatic heterocycles. The van der Waals surface area contributed by atoms with Crippen LogP contribution >= 0.6 is 10.6 Å². The SMILES string of the molecule is O=C(c1cnc(N[C@H]2C[C@H]3CC[C@@H]2C3)nc1C(F)(F)F)N1CCS(O)(O)CC1. The lowest BCUT2D eigenvalue weighted by Crippen LogP contribution is -2.43. The van der Waals surface area contributed by atoms with Crippen LogP contribution in [0.5, 0.6) is 0 Å². The first-order valence-corrected chi connectivity index (χ1v) is 11.2. The van der Waals surface area contributed by atoms with Gasteiger partial charge in [-0.3, -0.25) is 13.9 Å². The first-order valence-electron chi connectivity index (χ1n) is 9.36. The quantitative estimate of drug-likeness (QED) is 0.694. The molecule has 0 aromatic carbocycles. The van der Waals surface area contributed by atoms with Crippen molar-refractivity contribution in [3.63, 3.8) is 0 Å². The van der Waals surface area contributed by atoms with Crippen LogP contribution in [-0.4, -0.2) is 60.5 Å². The normalized spacial score (nSPS) is 30.3. The number of nitrogens with one attached hydrogen (secondary N) is 1. The summed E-state index contributed by atoms with van der Waals surface area (Å²) >= 11 is 0. The van der Waals surface area contributed by atoms with Crippen LogP contribution in [-0.2, 0) is 6.18 Å². The topological polar surface area (TPSA) is 98.6 Å². The number of nitrogens with zero attached hydrogens (tertiary/aromatic N) is 3. The number of carbonyl (C=O) groups excluding carboxylic acids is 1. The Morgan fingerprint density at radius 3 is 2.50 bits per heavy atom. The molecule has 0 unspecified atom stereocenters. The molecule has 7 nitrogen and oxygen atoms in total. The minimum atomic E-state index is -4.79. The molecule has 2 saturated carbocycles. The fraction of sp³-hybridized carbons (Fsp3) is 0.706. The van der Waals surface area contributed by atoms with E-state index in [1.54, 1.807) is 0 Å². The molecule has 11 heteroatoms. The van der Waals surface area contributed by atoms with Gasteiger partial charge in [-0.05, 0) is 31.1 Å². The molecule has 2 aliphatic carbocycles. The zero-order chi connectivity index (χ0) is 20.1.